The van der Waals surface area contributed by atoms with Crippen molar-refractivity contribution in [2.45, 2.75) is 33.3 Å². The Hall–Kier alpha value is -1.71. The summed E-state index contributed by atoms with van der Waals surface area (Å²) in [6.45, 7) is 6.56. The Bertz CT molecular complexity index is 460. The van der Waals surface area contributed by atoms with Gasteiger partial charge in [0.25, 0.3) is 0 Å². The first-order chi connectivity index (χ1) is 8.22. The molecule has 1 aromatic rings. The highest BCUT2D eigenvalue weighted by Crippen LogP contribution is 2.17. The lowest BCUT2D eigenvalue weighted by molar-refractivity contribution is -0.157. The van der Waals surface area contributed by atoms with Crippen LogP contribution in [0, 0.1) is 11.7 Å². The van der Waals surface area contributed by atoms with Crippen molar-refractivity contribution in [3.8, 4) is 0 Å². The fraction of sp³-hybridized carbons (Fsp3) is 0.429. The highest BCUT2D eigenvalue weighted by Gasteiger charge is 2.29. The van der Waals surface area contributed by atoms with E-state index in [1.165, 1.54) is 25.1 Å². The second kappa shape index (κ2) is 5.29. The third kappa shape index (κ3) is 3.65. The molecule has 98 valence electrons. The van der Waals surface area contributed by atoms with Gasteiger partial charge in [-0.1, -0.05) is 12.1 Å². The van der Waals surface area contributed by atoms with Crippen molar-refractivity contribution < 1.29 is 18.7 Å². The van der Waals surface area contributed by atoms with E-state index in [2.05, 4.69) is 0 Å². The summed E-state index contributed by atoms with van der Waals surface area (Å²) in [6, 6.07) is 5.59. The molecular weight excluding hydrogens is 235 g/mol. The van der Waals surface area contributed by atoms with Crippen LogP contribution >= 0.6 is 0 Å². The molecule has 0 aliphatic carbocycles. The first-order valence-electron chi connectivity index (χ1n) is 5.74. The fourth-order valence-electron chi connectivity index (χ4n) is 1.39. The van der Waals surface area contributed by atoms with Gasteiger partial charge in [-0.2, -0.15) is 0 Å². The van der Waals surface area contributed by atoms with Crippen molar-refractivity contribution in [1.29, 1.82) is 0 Å². The van der Waals surface area contributed by atoms with Crippen molar-refractivity contribution in [1.82, 2.24) is 0 Å². The van der Waals surface area contributed by atoms with Gasteiger partial charge in [-0.15, -0.1) is 0 Å². The highest BCUT2D eigenvalue weighted by atomic mass is 19.1. The summed E-state index contributed by atoms with van der Waals surface area (Å²) in [5, 5.41) is 0. The normalized spacial score (nSPS) is 12.9. The summed E-state index contributed by atoms with van der Waals surface area (Å²) >= 11 is 0. The number of esters is 1. The third-order valence-electron chi connectivity index (χ3n) is 2.29. The first-order valence-corrected chi connectivity index (χ1v) is 5.74. The van der Waals surface area contributed by atoms with E-state index in [1.54, 1.807) is 26.8 Å². The molecule has 1 unspecified atom stereocenters. The SMILES string of the molecule is CC(C(=O)OC(C)(C)C)C(=O)c1ccccc1F. The van der Waals surface area contributed by atoms with Crippen molar-refractivity contribution in [2.24, 2.45) is 5.92 Å². The van der Waals surface area contributed by atoms with Crippen LogP contribution in [0.3, 0.4) is 0 Å². The summed E-state index contributed by atoms with van der Waals surface area (Å²) in [6.07, 6.45) is 0. The van der Waals surface area contributed by atoms with Crippen LogP contribution in [-0.2, 0) is 9.53 Å². The lowest BCUT2D eigenvalue weighted by Gasteiger charge is -2.21. The average molecular weight is 252 g/mol. The number of hydrogen-bond acceptors (Lipinski definition) is 3. The van der Waals surface area contributed by atoms with Gasteiger partial charge >= 0.3 is 5.97 Å². The second-order valence-corrected chi connectivity index (χ2v) is 5.10. The Labute approximate surface area is 106 Å². The minimum Gasteiger partial charge on any atom is -0.459 e. The molecule has 0 spiro atoms. The number of carbonyl (C=O) groups excluding carboxylic acids is 2. The van der Waals surface area contributed by atoms with Crippen molar-refractivity contribution in [2.75, 3.05) is 0 Å². The lowest BCUT2D eigenvalue weighted by Crippen LogP contribution is -2.31. The van der Waals surface area contributed by atoms with Crippen molar-refractivity contribution >= 4 is 11.8 Å². The summed E-state index contributed by atoms with van der Waals surface area (Å²) < 4.78 is 18.5. The second-order valence-electron chi connectivity index (χ2n) is 5.10. The van der Waals surface area contributed by atoms with Gasteiger partial charge in [0.15, 0.2) is 5.78 Å². The summed E-state index contributed by atoms with van der Waals surface area (Å²) in [5.41, 5.74) is -0.753. The van der Waals surface area contributed by atoms with Crippen LogP contribution in [0.25, 0.3) is 0 Å². The van der Waals surface area contributed by atoms with E-state index in [4.69, 9.17) is 4.74 Å². The molecule has 0 radical (unpaired) electrons. The third-order valence-corrected chi connectivity index (χ3v) is 2.29. The monoisotopic (exact) mass is 252 g/mol. The van der Waals surface area contributed by atoms with Crippen LogP contribution in [-0.4, -0.2) is 17.4 Å². The molecule has 4 heteroatoms. The first kappa shape index (κ1) is 14.4. The molecule has 0 amide bonds. The Morgan fingerprint density at radius 1 is 1.22 bits per heavy atom. The van der Waals surface area contributed by atoms with Gasteiger partial charge in [-0.3, -0.25) is 9.59 Å². The lowest BCUT2D eigenvalue weighted by atomic mass is 9.99. The molecule has 0 N–H and O–H groups in total. The number of rotatable bonds is 3. The molecule has 1 atom stereocenters. The van der Waals surface area contributed by atoms with Crippen LogP contribution in [0.1, 0.15) is 38.1 Å². The molecule has 0 fully saturated rings. The molecule has 18 heavy (non-hydrogen) atoms. The highest BCUT2D eigenvalue weighted by molar-refractivity contribution is 6.08. The minimum absolute atomic E-state index is 0.0872. The molecule has 0 bridgehead atoms. The number of hydrogen-bond donors (Lipinski definition) is 0. The smallest absolute Gasteiger partial charge is 0.317 e. The van der Waals surface area contributed by atoms with E-state index in [-0.39, 0.29) is 5.56 Å². The van der Waals surface area contributed by atoms with Gasteiger partial charge < -0.3 is 4.74 Å². The number of benzene rings is 1. The molecule has 3 nitrogen and oxygen atoms in total. The Balaban J connectivity index is 2.85. The maximum Gasteiger partial charge on any atom is 0.317 e. The molecule has 0 aliphatic heterocycles. The van der Waals surface area contributed by atoms with Crippen LogP contribution < -0.4 is 0 Å². The standard InChI is InChI=1S/C14H17FO3/c1-9(13(17)18-14(2,3)4)12(16)10-7-5-6-8-11(10)15/h5-9H,1-4H3. The summed E-state index contributed by atoms with van der Waals surface area (Å²) in [4.78, 5) is 23.7. The van der Waals surface area contributed by atoms with Crippen LogP contribution in [0.5, 0.6) is 0 Å². The maximum atomic E-state index is 13.4. The van der Waals surface area contributed by atoms with E-state index in [9.17, 15) is 14.0 Å². The molecule has 1 aromatic carbocycles. The van der Waals surface area contributed by atoms with E-state index >= 15 is 0 Å². The Morgan fingerprint density at radius 2 is 1.78 bits per heavy atom. The fourth-order valence-corrected chi connectivity index (χ4v) is 1.39. The quantitative estimate of drug-likeness (QED) is 0.472. The van der Waals surface area contributed by atoms with E-state index in [0.717, 1.165) is 0 Å². The zero-order chi connectivity index (χ0) is 13.9. The molecule has 0 aromatic heterocycles. The Morgan fingerprint density at radius 3 is 2.28 bits per heavy atom. The summed E-state index contributed by atoms with van der Waals surface area (Å²) in [5.74, 6) is -2.85. The maximum absolute atomic E-state index is 13.4. The largest absolute Gasteiger partial charge is 0.459 e. The zero-order valence-electron chi connectivity index (χ0n) is 11.0. The summed E-state index contributed by atoms with van der Waals surface area (Å²) in [7, 11) is 0. The zero-order valence-corrected chi connectivity index (χ0v) is 11.0. The van der Waals surface area contributed by atoms with Gasteiger partial charge in [0.1, 0.15) is 17.3 Å². The molecule has 0 saturated carbocycles. The molecule has 1 rings (SSSR count). The molecule has 0 saturated heterocycles. The minimum atomic E-state index is -1.01. The number of Topliss-reactive ketones (excluding diaryl/α,β-unsaturated/α-hetero) is 1. The number of ketones is 1. The number of halogens is 1. The average Bonchev–Trinajstić information content (AvgIpc) is 2.25. The molecule has 0 aliphatic rings. The van der Waals surface area contributed by atoms with Crippen LogP contribution in [0.2, 0.25) is 0 Å². The predicted octanol–water partition coefficient (Wildman–Crippen LogP) is 2.99. The van der Waals surface area contributed by atoms with Gasteiger partial charge in [0, 0.05) is 0 Å². The van der Waals surface area contributed by atoms with Crippen molar-refractivity contribution in [3.63, 3.8) is 0 Å². The topological polar surface area (TPSA) is 43.4 Å². The van der Waals surface area contributed by atoms with E-state index < -0.39 is 29.1 Å². The van der Waals surface area contributed by atoms with Gasteiger partial charge in [0.05, 0.1) is 5.56 Å². The van der Waals surface area contributed by atoms with Crippen molar-refractivity contribution in [3.05, 3.63) is 35.6 Å². The van der Waals surface area contributed by atoms with E-state index in [1.807, 2.05) is 0 Å². The van der Waals surface area contributed by atoms with Crippen LogP contribution in [0.4, 0.5) is 4.39 Å². The molecular formula is C14H17FO3. The molecule has 0 heterocycles. The predicted molar refractivity (Wildman–Crippen MR) is 65.7 cm³/mol. The Kier molecular flexibility index (Phi) is 4.22. The number of carbonyl (C=O) groups is 2. The number of ether oxygens (including phenoxy) is 1. The van der Waals surface area contributed by atoms with Gasteiger partial charge in [-0.05, 0) is 39.8 Å². The van der Waals surface area contributed by atoms with Gasteiger partial charge in [0.2, 0.25) is 0 Å². The van der Waals surface area contributed by atoms with Gasteiger partial charge in [-0.25, -0.2) is 4.39 Å². The van der Waals surface area contributed by atoms with E-state index in [0.29, 0.717) is 0 Å². The van der Waals surface area contributed by atoms with Crippen LogP contribution in [0.15, 0.2) is 24.3 Å².